The molecule has 0 saturated carbocycles. The molecule has 3 aromatic rings. The Morgan fingerprint density at radius 1 is 1.00 bits per heavy atom. The molecule has 3 heteroatoms. The van der Waals surface area contributed by atoms with E-state index in [1.54, 1.807) is 0 Å². The number of nitrogens with zero attached hydrogens (tertiary/aromatic N) is 2. The highest BCUT2D eigenvalue weighted by Gasteiger charge is 2.15. The summed E-state index contributed by atoms with van der Waals surface area (Å²) in [5.74, 6) is 0. The minimum absolute atomic E-state index is 0.298. The second-order valence-corrected chi connectivity index (χ2v) is 6.02. The van der Waals surface area contributed by atoms with Crippen molar-refractivity contribution in [2.75, 3.05) is 6.61 Å². The maximum atomic E-state index is 8.91. The molecule has 1 aromatic carbocycles. The van der Waals surface area contributed by atoms with Crippen LogP contribution in [-0.2, 0) is 6.54 Å². The molecule has 0 aliphatic rings. The number of fused-ring (bicyclic) bond motifs is 1. The highest BCUT2D eigenvalue weighted by atomic mass is 16.2. The summed E-state index contributed by atoms with van der Waals surface area (Å²) >= 11 is 0. The fourth-order valence-corrected chi connectivity index (χ4v) is 3.32. The van der Waals surface area contributed by atoms with E-state index in [1.807, 2.05) is 18.5 Å². The number of pyridine rings is 1. The van der Waals surface area contributed by atoms with Crippen molar-refractivity contribution in [1.29, 1.82) is 0 Å². The topological polar surface area (TPSA) is 38.0 Å². The molecule has 0 aliphatic heterocycles. The fourth-order valence-electron chi connectivity index (χ4n) is 3.32. The monoisotopic (exact) mass is 308 g/mol. The molecule has 0 fully saturated rings. The van der Waals surface area contributed by atoms with E-state index in [2.05, 4.69) is 46.8 Å². The van der Waals surface area contributed by atoms with Gasteiger partial charge in [0.1, 0.15) is 0 Å². The molecular formula is C20H24N2O. The van der Waals surface area contributed by atoms with Crippen LogP contribution in [0.3, 0.4) is 0 Å². The first-order valence-corrected chi connectivity index (χ1v) is 8.42. The standard InChI is InChI=1S/C20H24N2O/c1-16-18-10-4-5-11-19(18)22(13-6-2-3-7-14-23)20(16)17-9-8-12-21-15-17/h4-5,8-12,15,23H,2-3,6-7,13-14H2,1H3. The van der Waals surface area contributed by atoms with Gasteiger partial charge in [-0.3, -0.25) is 4.98 Å². The van der Waals surface area contributed by atoms with Gasteiger partial charge in [0.25, 0.3) is 0 Å². The van der Waals surface area contributed by atoms with E-state index in [-0.39, 0.29) is 0 Å². The van der Waals surface area contributed by atoms with Crippen molar-refractivity contribution in [1.82, 2.24) is 9.55 Å². The molecule has 0 amide bonds. The van der Waals surface area contributed by atoms with Gasteiger partial charge in [-0.2, -0.15) is 0 Å². The predicted octanol–water partition coefficient (Wildman–Crippen LogP) is 4.56. The van der Waals surface area contributed by atoms with Crippen LogP contribution in [-0.4, -0.2) is 21.3 Å². The Morgan fingerprint density at radius 3 is 2.61 bits per heavy atom. The Morgan fingerprint density at radius 2 is 1.83 bits per heavy atom. The maximum absolute atomic E-state index is 8.91. The van der Waals surface area contributed by atoms with Crippen LogP contribution in [0.1, 0.15) is 31.2 Å². The van der Waals surface area contributed by atoms with Crippen LogP contribution >= 0.6 is 0 Å². The third kappa shape index (κ3) is 3.30. The summed E-state index contributed by atoms with van der Waals surface area (Å²) in [6.45, 7) is 3.50. The molecule has 2 aromatic heterocycles. The van der Waals surface area contributed by atoms with Crippen molar-refractivity contribution in [3.63, 3.8) is 0 Å². The second-order valence-electron chi connectivity index (χ2n) is 6.02. The van der Waals surface area contributed by atoms with Gasteiger partial charge in [-0.1, -0.05) is 31.0 Å². The molecule has 3 nitrogen and oxygen atoms in total. The summed E-state index contributed by atoms with van der Waals surface area (Å²) in [7, 11) is 0. The minimum atomic E-state index is 0.298. The molecule has 0 saturated heterocycles. The van der Waals surface area contributed by atoms with Gasteiger partial charge in [0, 0.05) is 42.0 Å². The number of aliphatic hydroxyl groups excluding tert-OH is 1. The van der Waals surface area contributed by atoms with Crippen LogP contribution in [0.25, 0.3) is 22.2 Å². The zero-order valence-corrected chi connectivity index (χ0v) is 13.7. The van der Waals surface area contributed by atoms with E-state index in [4.69, 9.17) is 5.11 Å². The Hall–Kier alpha value is -2.13. The van der Waals surface area contributed by atoms with Crippen molar-refractivity contribution in [2.45, 2.75) is 39.2 Å². The quantitative estimate of drug-likeness (QED) is 0.650. The fraction of sp³-hybridized carbons (Fsp3) is 0.350. The van der Waals surface area contributed by atoms with Crippen molar-refractivity contribution < 1.29 is 5.11 Å². The van der Waals surface area contributed by atoms with Crippen molar-refractivity contribution in [3.05, 3.63) is 54.4 Å². The summed E-state index contributed by atoms with van der Waals surface area (Å²) in [5.41, 5.74) is 5.08. The van der Waals surface area contributed by atoms with Gasteiger partial charge in [-0.05, 0) is 43.5 Å². The lowest BCUT2D eigenvalue weighted by atomic mass is 10.1. The molecule has 0 spiro atoms. The summed E-state index contributed by atoms with van der Waals surface area (Å²) < 4.78 is 2.43. The van der Waals surface area contributed by atoms with E-state index in [0.717, 1.165) is 32.2 Å². The summed E-state index contributed by atoms with van der Waals surface area (Å²) in [5, 5.41) is 10.2. The Labute approximate surface area is 137 Å². The Balaban J connectivity index is 1.97. The minimum Gasteiger partial charge on any atom is -0.396 e. The van der Waals surface area contributed by atoms with Gasteiger partial charge in [0.2, 0.25) is 0 Å². The number of para-hydroxylation sites is 1. The third-order valence-corrected chi connectivity index (χ3v) is 4.45. The van der Waals surface area contributed by atoms with Gasteiger partial charge in [-0.15, -0.1) is 0 Å². The summed E-state index contributed by atoms with van der Waals surface area (Å²) in [6.07, 6.45) is 8.05. The molecule has 0 atom stereocenters. The molecule has 3 rings (SSSR count). The van der Waals surface area contributed by atoms with Crippen LogP contribution in [0, 0.1) is 6.92 Å². The zero-order chi connectivity index (χ0) is 16.1. The number of aryl methyl sites for hydroxylation is 2. The third-order valence-electron chi connectivity index (χ3n) is 4.45. The van der Waals surface area contributed by atoms with Gasteiger partial charge in [0.15, 0.2) is 0 Å². The van der Waals surface area contributed by atoms with E-state index in [1.165, 1.54) is 27.7 Å². The average Bonchev–Trinajstić information content (AvgIpc) is 2.88. The normalized spacial score (nSPS) is 11.2. The average molecular weight is 308 g/mol. The molecule has 0 bridgehead atoms. The number of hydrogen-bond donors (Lipinski definition) is 1. The predicted molar refractivity (Wildman–Crippen MR) is 95.5 cm³/mol. The van der Waals surface area contributed by atoms with E-state index >= 15 is 0 Å². The smallest absolute Gasteiger partial charge is 0.0536 e. The molecule has 0 radical (unpaired) electrons. The van der Waals surface area contributed by atoms with Crippen molar-refractivity contribution >= 4 is 10.9 Å². The number of hydrogen-bond acceptors (Lipinski definition) is 2. The van der Waals surface area contributed by atoms with Gasteiger partial charge < -0.3 is 9.67 Å². The van der Waals surface area contributed by atoms with Gasteiger partial charge in [-0.25, -0.2) is 0 Å². The zero-order valence-electron chi connectivity index (χ0n) is 13.7. The largest absolute Gasteiger partial charge is 0.396 e. The van der Waals surface area contributed by atoms with E-state index in [0.29, 0.717) is 6.61 Å². The molecule has 0 aliphatic carbocycles. The lowest BCUT2D eigenvalue weighted by Gasteiger charge is -2.11. The van der Waals surface area contributed by atoms with Crippen LogP contribution in [0.4, 0.5) is 0 Å². The number of benzene rings is 1. The van der Waals surface area contributed by atoms with Gasteiger partial charge >= 0.3 is 0 Å². The first-order valence-electron chi connectivity index (χ1n) is 8.42. The van der Waals surface area contributed by atoms with Crippen LogP contribution in [0.15, 0.2) is 48.8 Å². The summed E-state index contributed by atoms with van der Waals surface area (Å²) in [4.78, 5) is 4.29. The molecular weight excluding hydrogens is 284 g/mol. The van der Waals surface area contributed by atoms with Crippen LogP contribution in [0.5, 0.6) is 0 Å². The molecule has 120 valence electrons. The second kappa shape index (κ2) is 7.42. The first kappa shape index (κ1) is 15.8. The first-order chi connectivity index (χ1) is 11.3. The molecule has 2 heterocycles. The Kier molecular flexibility index (Phi) is 5.09. The summed E-state index contributed by atoms with van der Waals surface area (Å²) in [6, 6.07) is 12.8. The highest BCUT2D eigenvalue weighted by molar-refractivity contribution is 5.91. The van der Waals surface area contributed by atoms with E-state index in [9.17, 15) is 0 Å². The maximum Gasteiger partial charge on any atom is 0.0536 e. The van der Waals surface area contributed by atoms with Crippen molar-refractivity contribution in [3.8, 4) is 11.3 Å². The van der Waals surface area contributed by atoms with Crippen molar-refractivity contribution in [2.24, 2.45) is 0 Å². The lowest BCUT2D eigenvalue weighted by molar-refractivity contribution is 0.282. The van der Waals surface area contributed by atoms with Gasteiger partial charge in [0.05, 0.1) is 5.69 Å². The van der Waals surface area contributed by atoms with Crippen LogP contribution < -0.4 is 0 Å². The number of rotatable bonds is 7. The number of aliphatic hydroxyl groups is 1. The number of aromatic nitrogens is 2. The number of unbranched alkanes of at least 4 members (excludes halogenated alkanes) is 3. The lowest BCUT2D eigenvalue weighted by Crippen LogP contribution is -2.01. The van der Waals surface area contributed by atoms with Crippen LogP contribution in [0.2, 0.25) is 0 Å². The SMILES string of the molecule is Cc1c(-c2cccnc2)n(CCCCCCO)c2ccccc12. The van der Waals surface area contributed by atoms with E-state index < -0.39 is 0 Å². The highest BCUT2D eigenvalue weighted by Crippen LogP contribution is 2.33. The Bertz CT molecular complexity index is 762. The molecule has 1 N–H and O–H groups in total. The molecule has 23 heavy (non-hydrogen) atoms. The molecule has 0 unspecified atom stereocenters.